The van der Waals surface area contributed by atoms with Gasteiger partial charge in [-0.1, -0.05) is 17.3 Å². The van der Waals surface area contributed by atoms with Crippen molar-refractivity contribution < 1.29 is 9.26 Å². The summed E-state index contributed by atoms with van der Waals surface area (Å²) in [5.41, 5.74) is 2.49. The van der Waals surface area contributed by atoms with Gasteiger partial charge in [0.1, 0.15) is 11.4 Å². The molecular weight excluding hydrogens is 414 g/mol. The normalized spacial score (nSPS) is 20.1. The van der Waals surface area contributed by atoms with Crippen molar-refractivity contribution in [2.24, 2.45) is 11.8 Å². The lowest BCUT2D eigenvalue weighted by molar-refractivity contribution is 0.122. The second kappa shape index (κ2) is 10.4. The van der Waals surface area contributed by atoms with Crippen molar-refractivity contribution in [3.63, 3.8) is 0 Å². The number of benzene rings is 1. The van der Waals surface area contributed by atoms with E-state index in [1.165, 1.54) is 58.4 Å². The van der Waals surface area contributed by atoms with Gasteiger partial charge < -0.3 is 19.5 Å². The summed E-state index contributed by atoms with van der Waals surface area (Å²) >= 11 is 0. The predicted molar refractivity (Wildman–Crippen MR) is 128 cm³/mol. The number of hydrogen-bond donors (Lipinski definition) is 1. The number of rotatable bonds is 7. The molecule has 5 rings (SSSR count). The molecule has 0 aliphatic carbocycles. The smallest absolute Gasteiger partial charge is 0.258 e. The number of hydrogen-bond acceptors (Lipinski definition) is 7. The van der Waals surface area contributed by atoms with Crippen LogP contribution >= 0.6 is 0 Å². The molecule has 2 aromatic heterocycles. The molecule has 1 unspecified atom stereocenters. The van der Waals surface area contributed by atoms with Crippen LogP contribution in [0.5, 0.6) is 5.75 Å². The summed E-state index contributed by atoms with van der Waals surface area (Å²) in [6.07, 6.45) is 5.10. The minimum atomic E-state index is 0.476. The molecule has 0 bridgehead atoms. The zero-order valence-corrected chi connectivity index (χ0v) is 19.4. The van der Waals surface area contributed by atoms with Crippen LogP contribution in [0.4, 0.5) is 0 Å². The highest BCUT2D eigenvalue weighted by Gasteiger charge is 2.23. The SMILES string of the molecule is Cc1cccc(-c2noc(-c3cccc(OCC4CCN(CC5CCCNC5)CC4)c3)n2)n1. The van der Waals surface area contributed by atoms with Gasteiger partial charge in [0, 0.05) is 17.8 Å². The lowest BCUT2D eigenvalue weighted by Crippen LogP contribution is -2.42. The zero-order chi connectivity index (χ0) is 22.5. The molecule has 7 nitrogen and oxygen atoms in total. The van der Waals surface area contributed by atoms with Crippen molar-refractivity contribution in [1.29, 1.82) is 0 Å². The average Bonchev–Trinajstić information content (AvgIpc) is 3.35. The Bertz CT molecular complexity index is 1040. The lowest BCUT2D eigenvalue weighted by Gasteiger charge is -2.35. The van der Waals surface area contributed by atoms with Crippen LogP contribution in [0.15, 0.2) is 47.0 Å². The third-order valence-electron chi connectivity index (χ3n) is 6.73. The van der Waals surface area contributed by atoms with E-state index in [0.717, 1.165) is 29.5 Å². The van der Waals surface area contributed by atoms with E-state index in [1.54, 1.807) is 0 Å². The number of likely N-dealkylation sites (tertiary alicyclic amines) is 1. The van der Waals surface area contributed by atoms with Gasteiger partial charge in [-0.2, -0.15) is 4.98 Å². The maximum atomic E-state index is 6.17. The largest absolute Gasteiger partial charge is 0.493 e. The molecule has 4 heterocycles. The first-order valence-corrected chi connectivity index (χ1v) is 12.2. The highest BCUT2D eigenvalue weighted by Crippen LogP contribution is 2.26. The molecule has 0 spiro atoms. The van der Waals surface area contributed by atoms with Crippen LogP contribution in [0.1, 0.15) is 31.4 Å². The maximum Gasteiger partial charge on any atom is 0.258 e. The number of ether oxygens (including phenoxy) is 1. The summed E-state index contributed by atoms with van der Waals surface area (Å²) in [6, 6.07) is 13.7. The summed E-state index contributed by atoms with van der Waals surface area (Å²) in [4.78, 5) is 11.6. The van der Waals surface area contributed by atoms with Crippen molar-refractivity contribution in [3.8, 4) is 28.7 Å². The number of nitrogens with one attached hydrogen (secondary N) is 1. The second-order valence-electron chi connectivity index (χ2n) is 9.38. The molecule has 1 aromatic carbocycles. The average molecular weight is 448 g/mol. The fourth-order valence-electron chi connectivity index (χ4n) is 4.83. The Balaban J connectivity index is 1.13. The molecule has 3 aromatic rings. The van der Waals surface area contributed by atoms with Gasteiger partial charge in [-0.15, -0.1) is 0 Å². The Morgan fingerprint density at radius 3 is 2.76 bits per heavy atom. The number of aryl methyl sites for hydroxylation is 1. The molecule has 0 amide bonds. The number of nitrogens with zero attached hydrogens (tertiary/aromatic N) is 4. The Kier molecular flexibility index (Phi) is 6.98. The Labute approximate surface area is 195 Å². The topological polar surface area (TPSA) is 76.3 Å². The standard InChI is InChI=1S/C26H33N5O2/c1-19-5-2-9-24(28-19)25-29-26(33-30-25)22-7-3-8-23(15-22)32-18-20-10-13-31(14-11-20)17-21-6-4-12-27-16-21/h2-3,5,7-9,15,20-21,27H,4,6,10-14,16-18H2,1H3. The van der Waals surface area contributed by atoms with Gasteiger partial charge in [0.15, 0.2) is 0 Å². The van der Waals surface area contributed by atoms with Crippen molar-refractivity contribution in [2.75, 3.05) is 39.3 Å². The van der Waals surface area contributed by atoms with Crippen molar-refractivity contribution >= 4 is 0 Å². The van der Waals surface area contributed by atoms with Gasteiger partial charge in [-0.25, -0.2) is 4.98 Å². The van der Waals surface area contributed by atoms with Gasteiger partial charge in [0.25, 0.3) is 5.89 Å². The van der Waals surface area contributed by atoms with Crippen molar-refractivity contribution in [2.45, 2.75) is 32.6 Å². The van der Waals surface area contributed by atoms with E-state index in [4.69, 9.17) is 9.26 Å². The van der Waals surface area contributed by atoms with Gasteiger partial charge in [0.05, 0.1) is 6.61 Å². The molecule has 2 aliphatic rings. The fraction of sp³-hybridized carbons (Fsp3) is 0.500. The highest BCUT2D eigenvalue weighted by atomic mass is 16.5. The van der Waals surface area contributed by atoms with Crippen molar-refractivity contribution in [3.05, 3.63) is 48.2 Å². The molecule has 7 heteroatoms. The van der Waals surface area contributed by atoms with Gasteiger partial charge >= 0.3 is 0 Å². The van der Waals surface area contributed by atoms with Gasteiger partial charge in [0.2, 0.25) is 5.82 Å². The van der Waals surface area contributed by atoms with E-state index < -0.39 is 0 Å². The van der Waals surface area contributed by atoms with Crippen LogP contribution in [-0.4, -0.2) is 59.4 Å². The van der Waals surface area contributed by atoms with E-state index in [1.807, 2.05) is 49.4 Å². The summed E-state index contributed by atoms with van der Waals surface area (Å²) in [6.45, 7) is 8.68. The first-order valence-electron chi connectivity index (χ1n) is 12.2. The summed E-state index contributed by atoms with van der Waals surface area (Å²) in [5.74, 6) is 3.25. The van der Waals surface area contributed by atoms with Crippen LogP contribution in [0.3, 0.4) is 0 Å². The monoisotopic (exact) mass is 447 g/mol. The number of pyridine rings is 1. The van der Waals surface area contributed by atoms with Crippen molar-refractivity contribution in [1.82, 2.24) is 25.3 Å². The Morgan fingerprint density at radius 1 is 1.06 bits per heavy atom. The number of piperidine rings is 2. The van der Waals surface area contributed by atoms with E-state index in [2.05, 4.69) is 25.3 Å². The third kappa shape index (κ3) is 5.78. The molecule has 33 heavy (non-hydrogen) atoms. The molecule has 2 aliphatic heterocycles. The number of aromatic nitrogens is 3. The molecule has 1 atom stereocenters. The quantitative estimate of drug-likeness (QED) is 0.582. The fourth-order valence-corrected chi connectivity index (χ4v) is 4.83. The highest BCUT2D eigenvalue weighted by molar-refractivity contribution is 5.59. The van der Waals surface area contributed by atoms with Crippen LogP contribution in [0.2, 0.25) is 0 Å². The molecule has 0 radical (unpaired) electrons. The van der Waals surface area contributed by atoms with E-state index in [-0.39, 0.29) is 0 Å². The predicted octanol–water partition coefficient (Wildman–Crippen LogP) is 4.20. The second-order valence-corrected chi connectivity index (χ2v) is 9.38. The first kappa shape index (κ1) is 22.0. The third-order valence-corrected chi connectivity index (χ3v) is 6.73. The molecule has 2 saturated heterocycles. The van der Waals surface area contributed by atoms with E-state index in [9.17, 15) is 0 Å². The maximum absolute atomic E-state index is 6.17. The molecule has 1 N–H and O–H groups in total. The Hall–Kier alpha value is -2.77. The first-order chi connectivity index (χ1) is 16.2. The molecule has 174 valence electrons. The molecule has 2 fully saturated rings. The van der Waals surface area contributed by atoms with E-state index in [0.29, 0.717) is 23.3 Å². The minimum Gasteiger partial charge on any atom is -0.493 e. The van der Waals surface area contributed by atoms with Crippen LogP contribution < -0.4 is 10.1 Å². The lowest BCUT2D eigenvalue weighted by atomic mass is 9.94. The summed E-state index contributed by atoms with van der Waals surface area (Å²) in [5, 5.41) is 7.64. The van der Waals surface area contributed by atoms with Gasteiger partial charge in [-0.05, 0) is 101 Å². The molecular formula is C26H33N5O2. The summed E-state index contributed by atoms with van der Waals surface area (Å²) in [7, 11) is 0. The van der Waals surface area contributed by atoms with Crippen LogP contribution in [0.25, 0.3) is 23.0 Å². The van der Waals surface area contributed by atoms with Crippen LogP contribution in [0, 0.1) is 18.8 Å². The summed E-state index contributed by atoms with van der Waals surface area (Å²) < 4.78 is 11.7. The van der Waals surface area contributed by atoms with E-state index >= 15 is 0 Å². The Morgan fingerprint density at radius 2 is 1.94 bits per heavy atom. The molecule has 0 saturated carbocycles. The zero-order valence-electron chi connectivity index (χ0n) is 19.4. The minimum absolute atomic E-state index is 0.476. The van der Waals surface area contributed by atoms with Gasteiger partial charge in [-0.3, -0.25) is 0 Å². The van der Waals surface area contributed by atoms with Crippen LogP contribution in [-0.2, 0) is 0 Å².